The molecule has 0 heterocycles. The van der Waals surface area contributed by atoms with E-state index in [-0.39, 0.29) is 31.1 Å². The van der Waals surface area contributed by atoms with Gasteiger partial charge in [-0.1, -0.05) is 324 Å². The molecule has 1 atom stereocenters. The summed E-state index contributed by atoms with van der Waals surface area (Å²) in [5.74, 6) is -0.886. The molecule has 6 heteroatoms. The molecular weight excluding hydrogens is 997 g/mol. The summed E-state index contributed by atoms with van der Waals surface area (Å²) < 4.78 is 16.9. The van der Waals surface area contributed by atoms with Crippen LogP contribution in [0.1, 0.15) is 355 Å². The van der Waals surface area contributed by atoms with Crippen LogP contribution in [-0.4, -0.2) is 37.2 Å². The van der Waals surface area contributed by atoms with Crippen molar-refractivity contribution in [3.05, 3.63) is 85.1 Å². The van der Waals surface area contributed by atoms with E-state index < -0.39 is 6.10 Å². The summed E-state index contributed by atoms with van der Waals surface area (Å²) in [5, 5.41) is 0. The van der Waals surface area contributed by atoms with E-state index in [2.05, 4.69) is 106 Å². The summed E-state index contributed by atoms with van der Waals surface area (Å²) in [7, 11) is 0. The van der Waals surface area contributed by atoms with Gasteiger partial charge in [0.2, 0.25) is 0 Å². The molecule has 0 saturated heterocycles. The van der Waals surface area contributed by atoms with Gasteiger partial charge in [0.15, 0.2) is 6.10 Å². The van der Waals surface area contributed by atoms with Gasteiger partial charge in [0.1, 0.15) is 13.2 Å². The van der Waals surface area contributed by atoms with Crippen molar-refractivity contribution in [3.63, 3.8) is 0 Å². The molecular formula is C75H132O6. The van der Waals surface area contributed by atoms with Crippen LogP contribution in [0, 0.1) is 0 Å². The second-order valence-electron chi connectivity index (χ2n) is 23.4. The smallest absolute Gasteiger partial charge is 0.306 e. The van der Waals surface area contributed by atoms with Gasteiger partial charge in [-0.25, -0.2) is 0 Å². The lowest BCUT2D eigenvalue weighted by molar-refractivity contribution is -0.167. The van der Waals surface area contributed by atoms with Gasteiger partial charge >= 0.3 is 17.9 Å². The van der Waals surface area contributed by atoms with E-state index in [1.54, 1.807) is 0 Å². The number of ether oxygens (including phenoxy) is 3. The molecule has 0 aliphatic carbocycles. The van der Waals surface area contributed by atoms with E-state index >= 15 is 0 Å². The van der Waals surface area contributed by atoms with Gasteiger partial charge in [-0.05, 0) is 96.3 Å². The first-order chi connectivity index (χ1) is 40.0. The van der Waals surface area contributed by atoms with Gasteiger partial charge < -0.3 is 14.2 Å². The highest BCUT2D eigenvalue weighted by molar-refractivity contribution is 5.71. The maximum atomic E-state index is 12.9. The molecule has 0 amide bonds. The summed E-state index contributed by atoms with van der Waals surface area (Å²) in [6.45, 7) is 6.52. The molecule has 0 radical (unpaired) electrons. The van der Waals surface area contributed by atoms with E-state index in [1.807, 2.05) is 0 Å². The highest BCUT2D eigenvalue weighted by Crippen LogP contribution is 2.18. The monoisotopic (exact) mass is 1130 g/mol. The largest absolute Gasteiger partial charge is 0.462 e. The lowest BCUT2D eigenvalue weighted by Gasteiger charge is -2.18. The second-order valence-corrected chi connectivity index (χ2v) is 23.4. The van der Waals surface area contributed by atoms with Crippen LogP contribution in [0.2, 0.25) is 0 Å². The molecule has 0 aliphatic rings. The van der Waals surface area contributed by atoms with Gasteiger partial charge in [0.05, 0.1) is 0 Å². The number of hydrogen-bond donors (Lipinski definition) is 0. The highest BCUT2D eigenvalue weighted by Gasteiger charge is 2.19. The normalized spacial score (nSPS) is 12.6. The molecule has 0 N–H and O–H groups in total. The standard InChI is InChI=1S/C75H132O6/c1-4-7-10-13-16-19-21-23-25-27-29-31-32-33-34-35-36-37-38-39-40-41-42-44-45-47-49-51-53-56-59-62-65-68-74(77)80-71-72(70-79-73(76)67-64-61-58-55-18-15-12-9-6-3)81-75(78)69-66-63-60-57-54-52-50-48-46-43-30-28-26-24-22-20-17-14-11-8-5-2/h8,11,17,20-21,23-24,26-27,29-30,43,48,50,72H,4-7,9-10,12-16,18-19,22,25,28,31-42,44-47,49,51-71H2,1-3H3/b11-8-,20-17-,23-21-,26-24-,29-27-,43-30-,50-48-. The Morgan fingerprint density at radius 1 is 0.259 bits per heavy atom. The van der Waals surface area contributed by atoms with Crippen LogP contribution in [0.15, 0.2) is 85.1 Å². The number of carbonyl (C=O) groups excluding carboxylic acids is 3. The summed E-state index contributed by atoms with van der Waals surface area (Å²) in [6.07, 6.45) is 92.0. The van der Waals surface area contributed by atoms with E-state index in [1.165, 1.54) is 199 Å². The molecule has 0 bridgehead atoms. The van der Waals surface area contributed by atoms with Gasteiger partial charge in [-0.15, -0.1) is 0 Å². The predicted molar refractivity (Wildman–Crippen MR) is 353 cm³/mol. The lowest BCUT2D eigenvalue weighted by atomic mass is 10.0. The summed E-state index contributed by atoms with van der Waals surface area (Å²) in [4.78, 5) is 38.3. The Morgan fingerprint density at radius 3 is 0.753 bits per heavy atom. The van der Waals surface area contributed by atoms with E-state index in [4.69, 9.17) is 14.2 Å². The first kappa shape index (κ1) is 77.6. The molecule has 6 nitrogen and oxygen atoms in total. The Kier molecular flexibility index (Phi) is 66.2. The maximum Gasteiger partial charge on any atom is 0.306 e. The summed E-state index contributed by atoms with van der Waals surface area (Å²) in [5.41, 5.74) is 0. The van der Waals surface area contributed by atoms with Crippen molar-refractivity contribution in [1.29, 1.82) is 0 Å². The molecule has 0 aromatic rings. The van der Waals surface area contributed by atoms with Crippen LogP contribution in [0.5, 0.6) is 0 Å². The fraction of sp³-hybridized carbons (Fsp3) is 0.773. The minimum atomic E-state index is -0.785. The molecule has 0 aromatic carbocycles. The molecule has 0 saturated carbocycles. The summed E-state index contributed by atoms with van der Waals surface area (Å²) >= 11 is 0. The van der Waals surface area contributed by atoms with Crippen LogP contribution < -0.4 is 0 Å². The van der Waals surface area contributed by atoms with Crippen molar-refractivity contribution in [1.82, 2.24) is 0 Å². The zero-order chi connectivity index (χ0) is 58.5. The lowest BCUT2D eigenvalue weighted by Crippen LogP contribution is -2.30. The molecule has 0 aliphatic heterocycles. The fourth-order valence-corrected chi connectivity index (χ4v) is 10.2. The van der Waals surface area contributed by atoms with Crippen molar-refractivity contribution < 1.29 is 28.6 Å². The zero-order valence-electron chi connectivity index (χ0n) is 53.8. The number of esters is 3. The van der Waals surface area contributed by atoms with Crippen molar-refractivity contribution in [3.8, 4) is 0 Å². The third-order valence-electron chi connectivity index (χ3n) is 15.4. The van der Waals surface area contributed by atoms with Gasteiger partial charge in [-0.2, -0.15) is 0 Å². The third-order valence-corrected chi connectivity index (χ3v) is 15.4. The average molecular weight is 1130 g/mol. The molecule has 468 valence electrons. The topological polar surface area (TPSA) is 78.9 Å². The van der Waals surface area contributed by atoms with Crippen LogP contribution in [0.3, 0.4) is 0 Å². The average Bonchev–Trinajstić information content (AvgIpc) is 3.47. The molecule has 0 rings (SSSR count). The Balaban J connectivity index is 4.10. The van der Waals surface area contributed by atoms with E-state index in [9.17, 15) is 14.4 Å². The number of allylic oxidation sites excluding steroid dienone is 14. The van der Waals surface area contributed by atoms with Gasteiger partial charge in [-0.3, -0.25) is 14.4 Å². The fourth-order valence-electron chi connectivity index (χ4n) is 10.2. The van der Waals surface area contributed by atoms with E-state index in [0.29, 0.717) is 19.3 Å². The minimum Gasteiger partial charge on any atom is -0.462 e. The first-order valence-electron chi connectivity index (χ1n) is 35.1. The van der Waals surface area contributed by atoms with Crippen molar-refractivity contribution in [2.75, 3.05) is 13.2 Å². The van der Waals surface area contributed by atoms with Crippen LogP contribution in [0.4, 0.5) is 0 Å². The number of rotatable bonds is 64. The van der Waals surface area contributed by atoms with Gasteiger partial charge in [0, 0.05) is 19.3 Å². The van der Waals surface area contributed by atoms with Crippen molar-refractivity contribution >= 4 is 17.9 Å². The Morgan fingerprint density at radius 2 is 0.481 bits per heavy atom. The zero-order valence-corrected chi connectivity index (χ0v) is 53.8. The number of hydrogen-bond acceptors (Lipinski definition) is 6. The van der Waals surface area contributed by atoms with Crippen LogP contribution in [-0.2, 0) is 28.6 Å². The molecule has 0 spiro atoms. The Bertz CT molecular complexity index is 1530. The van der Waals surface area contributed by atoms with Crippen molar-refractivity contribution in [2.45, 2.75) is 361 Å². The molecule has 0 fully saturated rings. The SMILES string of the molecule is CC/C=C\C/C=C\C/C=C\C/C=C\C/C=C\CCCCCCCC(=O)OC(COC(=O)CCCCCCCCCCC)COC(=O)CCCCCCCCCCCCCCCCCCCCCCC/C=C\C/C=C\CCCCCCC. The molecule has 81 heavy (non-hydrogen) atoms. The maximum absolute atomic E-state index is 12.9. The first-order valence-corrected chi connectivity index (χ1v) is 35.1. The Hall–Kier alpha value is -3.41. The Labute approximate surface area is 503 Å². The molecule has 1 unspecified atom stereocenters. The third kappa shape index (κ3) is 67.3. The molecule has 0 aromatic heterocycles. The minimum absolute atomic E-state index is 0.0804. The van der Waals surface area contributed by atoms with Crippen LogP contribution >= 0.6 is 0 Å². The van der Waals surface area contributed by atoms with Crippen LogP contribution in [0.25, 0.3) is 0 Å². The quantitative estimate of drug-likeness (QED) is 0.0261. The number of carbonyl (C=O) groups is 3. The van der Waals surface area contributed by atoms with Gasteiger partial charge in [0.25, 0.3) is 0 Å². The summed E-state index contributed by atoms with van der Waals surface area (Å²) in [6, 6.07) is 0. The number of unbranched alkanes of at least 4 members (excludes halogenated alkanes) is 39. The van der Waals surface area contributed by atoms with E-state index in [0.717, 1.165) is 116 Å². The van der Waals surface area contributed by atoms with Crippen molar-refractivity contribution in [2.24, 2.45) is 0 Å². The predicted octanol–water partition coefficient (Wildman–Crippen LogP) is 24.2. The second kappa shape index (κ2) is 69.1. The highest BCUT2D eigenvalue weighted by atomic mass is 16.6.